The summed E-state index contributed by atoms with van der Waals surface area (Å²) in [5.41, 5.74) is 4.30. The molecule has 0 N–H and O–H groups in total. The average molecular weight is 370 g/mol. The number of hydrogen-bond acceptors (Lipinski definition) is 3. The molecular formula is C21H24ClN3O. The highest BCUT2D eigenvalue weighted by molar-refractivity contribution is 6.30. The van der Waals surface area contributed by atoms with Gasteiger partial charge in [0.15, 0.2) is 0 Å². The van der Waals surface area contributed by atoms with Crippen molar-refractivity contribution < 1.29 is 4.79 Å². The zero-order valence-corrected chi connectivity index (χ0v) is 16.0. The molecule has 4 rings (SSSR count). The lowest BCUT2D eigenvalue weighted by molar-refractivity contribution is 0.0766. The maximum Gasteiger partial charge on any atom is 0.254 e. The summed E-state index contributed by atoms with van der Waals surface area (Å²) in [6, 6.07) is 14.6. The van der Waals surface area contributed by atoms with Crippen LogP contribution in [0.5, 0.6) is 0 Å². The van der Waals surface area contributed by atoms with Gasteiger partial charge in [0.25, 0.3) is 5.91 Å². The monoisotopic (exact) mass is 369 g/mol. The van der Waals surface area contributed by atoms with E-state index in [1.54, 1.807) is 0 Å². The highest BCUT2D eigenvalue weighted by Gasteiger charge is 2.29. The molecule has 2 aliphatic rings. The summed E-state index contributed by atoms with van der Waals surface area (Å²) < 4.78 is 0. The first-order valence-electron chi connectivity index (χ1n) is 9.09. The minimum atomic E-state index is 0.120. The summed E-state index contributed by atoms with van der Waals surface area (Å²) in [5, 5.41) is 0.719. The first-order valence-corrected chi connectivity index (χ1v) is 9.47. The molecule has 1 fully saturated rings. The van der Waals surface area contributed by atoms with Crippen LogP contribution < -0.4 is 4.90 Å². The second-order valence-electron chi connectivity index (χ2n) is 7.48. The zero-order chi connectivity index (χ0) is 18.3. The molecule has 2 aromatic carbocycles. The Balaban J connectivity index is 1.49. The predicted octanol–water partition coefficient (Wildman–Crippen LogP) is 3.64. The van der Waals surface area contributed by atoms with Crippen LogP contribution in [-0.2, 0) is 13.1 Å². The van der Waals surface area contributed by atoms with E-state index in [1.165, 1.54) is 12.1 Å². The van der Waals surface area contributed by atoms with E-state index in [1.807, 2.05) is 35.2 Å². The number of anilines is 1. The van der Waals surface area contributed by atoms with Gasteiger partial charge in [0.05, 0.1) is 0 Å². The Morgan fingerprint density at radius 2 is 1.92 bits per heavy atom. The molecule has 1 saturated heterocycles. The topological polar surface area (TPSA) is 26.8 Å². The number of likely N-dealkylation sites (N-methyl/N-ethyl adjacent to an activating group) is 1. The molecule has 2 aromatic rings. The molecule has 0 aliphatic carbocycles. The number of halogens is 1. The van der Waals surface area contributed by atoms with Gasteiger partial charge < -0.3 is 14.7 Å². The van der Waals surface area contributed by atoms with E-state index in [4.69, 9.17) is 11.6 Å². The van der Waals surface area contributed by atoms with Crippen LogP contribution in [0.15, 0.2) is 42.5 Å². The highest BCUT2D eigenvalue weighted by atomic mass is 35.5. The van der Waals surface area contributed by atoms with E-state index in [9.17, 15) is 4.79 Å². The molecule has 0 spiro atoms. The Kier molecular flexibility index (Phi) is 4.63. The standard InChI is InChI=1S/C21H24ClN3O/c1-23(2)19-9-10-24(14-19)18-7-8-20-16(11-18)13-25(21(20)26)12-15-3-5-17(22)6-4-15/h3-8,11,19H,9-10,12-14H2,1-2H3. The first kappa shape index (κ1) is 17.4. The van der Waals surface area contributed by atoms with Crippen molar-refractivity contribution in [2.24, 2.45) is 0 Å². The number of hydrogen-bond donors (Lipinski definition) is 0. The fraction of sp³-hybridized carbons (Fsp3) is 0.381. The number of carbonyl (C=O) groups excluding carboxylic acids is 1. The molecule has 0 radical (unpaired) electrons. The van der Waals surface area contributed by atoms with Gasteiger partial charge in [-0.3, -0.25) is 4.79 Å². The Labute approximate surface area is 160 Å². The molecule has 136 valence electrons. The van der Waals surface area contributed by atoms with Crippen LogP contribution in [0.25, 0.3) is 0 Å². The fourth-order valence-electron chi connectivity index (χ4n) is 3.90. The normalized spacial score (nSPS) is 19.5. The highest BCUT2D eigenvalue weighted by Crippen LogP contribution is 2.30. The lowest BCUT2D eigenvalue weighted by atomic mass is 10.1. The van der Waals surface area contributed by atoms with Gasteiger partial charge in [-0.25, -0.2) is 0 Å². The molecule has 0 bridgehead atoms. The van der Waals surface area contributed by atoms with Crippen LogP contribution in [0.1, 0.15) is 27.9 Å². The third-order valence-electron chi connectivity index (χ3n) is 5.51. The van der Waals surface area contributed by atoms with Gasteiger partial charge in [-0.1, -0.05) is 23.7 Å². The van der Waals surface area contributed by atoms with E-state index in [-0.39, 0.29) is 5.91 Å². The Bertz CT molecular complexity index is 819. The number of carbonyl (C=O) groups is 1. The summed E-state index contributed by atoms with van der Waals surface area (Å²) in [5.74, 6) is 0.120. The van der Waals surface area contributed by atoms with Crippen LogP contribution >= 0.6 is 11.6 Å². The molecule has 4 nitrogen and oxygen atoms in total. The number of benzene rings is 2. The molecule has 26 heavy (non-hydrogen) atoms. The third kappa shape index (κ3) is 3.31. The van der Waals surface area contributed by atoms with Crippen molar-refractivity contribution in [3.63, 3.8) is 0 Å². The number of rotatable bonds is 4. The van der Waals surface area contributed by atoms with Crippen LogP contribution in [0.2, 0.25) is 5.02 Å². The van der Waals surface area contributed by atoms with Crippen molar-refractivity contribution in [1.82, 2.24) is 9.80 Å². The SMILES string of the molecule is CN(C)C1CCN(c2ccc3c(c2)CN(Cc2ccc(Cl)cc2)C3=O)C1. The molecule has 1 atom stereocenters. The third-order valence-corrected chi connectivity index (χ3v) is 5.77. The largest absolute Gasteiger partial charge is 0.370 e. The molecular weight excluding hydrogens is 346 g/mol. The minimum Gasteiger partial charge on any atom is -0.370 e. The van der Waals surface area contributed by atoms with E-state index in [0.717, 1.165) is 34.8 Å². The van der Waals surface area contributed by atoms with Crippen molar-refractivity contribution in [3.05, 3.63) is 64.2 Å². The molecule has 2 aliphatic heterocycles. The van der Waals surface area contributed by atoms with Gasteiger partial charge in [0.2, 0.25) is 0 Å². The van der Waals surface area contributed by atoms with Gasteiger partial charge in [-0.05, 0) is 62.0 Å². The van der Waals surface area contributed by atoms with Crippen LogP contribution in [-0.4, -0.2) is 48.9 Å². The van der Waals surface area contributed by atoms with E-state index >= 15 is 0 Å². The van der Waals surface area contributed by atoms with E-state index < -0.39 is 0 Å². The van der Waals surface area contributed by atoms with Gasteiger partial charge >= 0.3 is 0 Å². The molecule has 0 aromatic heterocycles. The van der Waals surface area contributed by atoms with Crippen molar-refractivity contribution >= 4 is 23.2 Å². The average Bonchev–Trinajstić information content (AvgIpc) is 3.23. The number of fused-ring (bicyclic) bond motifs is 1. The zero-order valence-electron chi connectivity index (χ0n) is 15.3. The van der Waals surface area contributed by atoms with Gasteiger partial charge in [-0.15, -0.1) is 0 Å². The molecule has 1 amide bonds. The summed E-state index contributed by atoms with van der Waals surface area (Å²) in [7, 11) is 4.29. The lowest BCUT2D eigenvalue weighted by Crippen LogP contribution is -2.31. The molecule has 2 heterocycles. The summed E-state index contributed by atoms with van der Waals surface area (Å²) in [6.07, 6.45) is 1.19. The minimum absolute atomic E-state index is 0.120. The van der Waals surface area contributed by atoms with Gasteiger partial charge in [0, 0.05) is 48.5 Å². The maximum absolute atomic E-state index is 12.7. The second kappa shape index (κ2) is 6.93. The quantitative estimate of drug-likeness (QED) is 0.823. The van der Waals surface area contributed by atoms with Crippen LogP contribution in [0, 0.1) is 0 Å². The number of amides is 1. The van der Waals surface area contributed by atoms with Crippen molar-refractivity contribution in [3.8, 4) is 0 Å². The van der Waals surface area contributed by atoms with Crippen LogP contribution in [0.3, 0.4) is 0 Å². The summed E-state index contributed by atoms with van der Waals surface area (Å²) in [4.78, 5) is 19.4. The van der Waals surface area contributed by atoms with Gasteiger partial charge in [-0.2, -0.15) is 0 Å². The lowest BCUT2D eigenvalue weighted by Gasteiger charge is -2.22. The Hall–Kier alpha value is -2.04. The van der Waals surface area contributed by atoms with E-state index in [2.05, 4.69) is 36.0 Å². The van der Waals surface area contributed by atoms with Crippen molar-refractivity contribution in [2.75, 3.05) is 32.1 Å². The molecule has 5 heteroatoms. The Morgan fingerprint density at radius 1 is 1.15 bits per heavy atom. The summed E-state index contributed by atoms with van der Waals surface area (Å²) >= 11 is 5.95. The first-order chi connectivity index (χ1) is 12.5. The summed E-state index contributed by atoms with van der Waals surface area (Å²) in [6.45, 7) is 3.42. The van der Waals surface area contributed by atoms with Crippen molar-refractivity contribution in [2.45, 2.75) is 25.6 Å². The van der Waals surface area contributed by atoms with E-state index in [0.29, 0.717) is 19.1 Å². The maximum atomic E-state index is 12.7. The molecule has 0 saturated carbocycles. The second-order valence-corrected chi connectivity index (χ2v) is 7.92. The van der Waals surface area contributed by atoms with Crippen molar-refractivity contribution in [1.29, 1.82) is 0 Å². The number of nitrogens with zero attached hydrogens (tertiary/aromatic N) is 3. The Morgan fingerprint density at radius 3 is 2.62 bits per heavy atom. The smallest absolute Gasteiger partial charge is 0.254 e. The van der Waals surface area contributed by atoms with Crippen LogP contribution in [0.4, 0.5) is 5.69 Å². The molecule has 1 unspecified atom stereocenters. The van der Waals surface area contributed by atoms with Gasteiger partial charge in [0.1, 0.15) is 0 Å². The predicted molar refractivity (Wildman–Crippen MR) is 106 cm³/mol. The fourth-order valence-corrected chi connectivity index (χ4v) is 4.03.